The molecular weight excluding hydrogens is 1450 g/mol. The van der Waals surface area contributed by atoms with Crippen LogP contribution in [0, 0.1) is 0 Å². The van der Waals surface area contributed by atoms with E-state index in [1.807, 2.05) is 6.08 Å². The predicted octanol–water partition coefficient (Wildman–Crippen LogP) is 12.6. The van der Waals surface area contributed by atoms with Crippen molar-refractivity contribution in [2.75, 3.05) is 26.4 Å². The van der Waals surface area contributed by atoms with Gasteiger partial charge < -0.3 is 86.2 Å². The minimum Gasteiger partial charge on any atom is -0.463 e. The van der Waals surface area contributed by atoms with Gasteiger partial charge in [0.05, 0.1) is 18.8 Å². The van der Waals surface area contributed by atoms with Crippen LogP contribution in [0.4, 0.5) is 0 Å². The second-order valence-corrected chi connectivity index (χ2v) is 29.5. The monoisotopic (exact) mass is 1580 g/mol. The quantitative estimate of drug-likeness (QED) is 0.0247. The maximum Gasteiger partial charge on any atom is 0.303 e. The zero-order chi connectivity index (χ0) is 81.9. The van der Waals surface area contributed by atoms with E-state index in [9.17, 15) is 57.8 Å². The molecule has 0 spiro atoms. The minimum absolute atomic E-state index is 0.138. The largest absolute Gasteiger partial charge is 0.463 e. The molecule has 1 amide bonds. The number of ether oxygens (including phenoxy) is 16. The van der Waals surface area contributed by atoms with Crippen LogP contribution in [0.5, 0.6) is 0 Å². The molecule has 0 aromatic heterocycles. The number of hydrogen-bond acceptors (Lipinski definition) is 28. The minimum atomic E-state index is -2.10. The fourth-order valence-corrected chi connectivity index (χ4v) is 14.0. The SMILES string of the molecule is CCCCCCCCCCCCC/C=C/[C@@H](O)[C@H](CO[C@@H]1O[C@H](COC(C)=O)[C@@H](O[C@@H]2O[C@H](COC(C)=O)[C@H](O[C@H]3O[C@H](COC(C)=O)[C@H](OC(C)=O)[C@H](OC(C)=O)[C@H]3OC(C)=O)[C@H](OC(C)=O)[C@H]2OC(C)=O)[C@H](OC(C)=O)[C@H]1OC(C)=O)NC(=O)CCCCCCCCCCCCCCCCCCCCCCCCC. The van der Waals surface area contributed by atoms with Crippen LogP contribution >= 0.6 is 0 Å². The van der Waals surface area contributed by atoms with Crippen molar-refractivity contribution in [2.45, 2.75) is 418 Å². The van der Waals surface area contributed by atoms with Gasteiger partial charge in [0.25, 0.3) is 0 Å². The lowest BCUT2D eigenvalue weighted by molar-refractivity contribution is -0.380. The molecule has 2 N–H and O–H groups in total. The molecule has 3 fully saturated rings. The summed E-state index contributed by atoms with van der Waals surface area (Å²) < 4.78 is 95.3. The molecule has 3 heterocycles. The summed E-state index contributed by atoms with van der Waals surface area (Å²) >= 11 is 0. The molecule has 0 aromatic carbocycles. The van der Waals surface area contributed by atoms with E-state index in [0.717, 1.165) is 121 Å². The van der Waals surface area contributed by atoms with E-state index in [1.54, 1.807) is 6.08 Å². The Morgan fingerprint density at radius 1 is 0.324 bits per heavy atom. The van der Waals surface area contributed by atoms with Crippen LogP contribution in [-0.2, 0) is 129 Å². The fraction of sp³-hybridized carbons (Fsp3) is 0.841. The van der Waals surface area contributed by atoms with Crippen LogP contribution < -0.4 is 5.32 Å². The molecule has 0 aliphatic carbocycles. The molecule has 0 bridgehead atoms. The van der Waals surface area contributed by atoms with Crippen molar-refractivity contribution in [3.8, 4) is 0 Å². The summed E-state index contributed by atoms with van der Waals surface area (Å²) in [7, 11) is 0. The van der Waals surface area contributed by atoms with Gasteiger partial charge in [-0.05, 0) is 19.3 Å². The number of amides is 1. The van der Waals surface area contributed by atoms with Crippen LogP contribution in [-0.4, -0.2) is 201 Å². The molecule has 3 rings (SSSR count). The van der Waals surface area contributed by atoms with Gasteiger partial charge in [0, 0.05) is 75.7 Å². The summed E-state index contributed by atoms with van der Waals surface area (Å²) in [6, 6.07) is -1.15. The van der Waals surface area contributed by atoms with E-state index in [4.69, 9.17) is 75.8 Å². The molecule has 0 radical (unpaired) electrons. The second-order valence-electron chi connectivity index (χ2n) is 29.5. The van der Waals surface area contributed by atoms with Gasteiger partial charge in [0.1, 0.15) is 50.3 Å². The van der Waals surface area contributed by atoms with Crippen LogP contribution in [0.25, 0.3) is 0 Å². The molecule has 638 valence electrons. The molecule has 29 nitrogen and oxygen atoms in total. The van der Waals surface area contributed by atoms with E-state index in [-0.39, 0.29) is 12.3 Å². The Balaban J connectivity index is 1.96. The third kappa shape index (κ3) is 43.1. The van der Waals surface area contributed by atoms with E-state index >= 15 is 0 Å². The number of carbonyl (C=O) groups is 11. The van der Waals surface area contributed by atoms with Gasteiger partial charge in [0.15, 0.2) is 61.6 Å². The zero-order valence-corrected chi connectivity index (χ0v) is 68.7. The zero-order valence-electron chi connectivity index (χ0n) is 68.7. The van der Waals surface area contributed by atoms with Crippen molar-refractivity contribution in [1.29, 1.82) is 0 Å². The Morgan fingerprint density at radius 2 is 0.586 bits per heavy atom. The molecule has 29 heteroatoms. The number of hydrogen-bond donors (Lipinski definition) is 2. The summed E-state index contributed by atoms with van der Waals surface area (Å²) in [5.74, 6) is -10.0. The molecule has 3 aliphatic heterocycles. The van der Waals surface area contributed by atoms with E-state index in [1.165, 1.54) is 161 Å². The summed E-state index contributed by atoms with van der Waals surface area (Å²) in [6.07, 6.45) is 16.2. The van der Waals surface area contributed by atoms with Crippen molar-refractivity contribution in [3.05, 3.63) is 12.2 Å². The third-order valence-electron chi connectivity index (χ3n) is 19.3. The molecule has 0 aromatic rings. The maximum absolute atomic E-state index is 13.9. The first-order valence-corrected chi connectivity index (χ1v) is 41.3. The van der Waals surface area contributed by atoms with Gasteiger partial charge in [-0.15, -0.1) is 0 Å². The van der Waals surface area contributed by atoms with Gasteiger partial charge in [-0.1, -0.05) is 231 Å². The Bertz CT molecular complexity index is 2730. The van der Waals surface area contributed by atoms with Gasteiger partial charge in [-0.25, -0.2) is 0 Å². The number of unbranched alkanes of at least 4 members (excludes halogenated alkanes) is 33. The van der Waals surface area contributed by atoms with Gasteiger partial charge in [-0.2, -0.15) is 0 Å². The van der Waals surface area contributed by atoms with E-state index in [2.05, 4.69) is 19.2 Å². The highest BCUT2D eigenvalue weighted by Crippen LogP contribution is 2.39. The topological polar surface area (TPSA) is 368 Å². The number of allylic oxidation sites excluding steroid dienone is 1. The lowest BCUT2D eigenvalue weighted by atomic mass is 9.95. The average Bonchev–Trinajstić information content (AvgIpc) is 0.762. The standard InChI is InChI=1S/C82H137NO28/c1-13-15-17-19-21-23-25-27-28-29-30-31-32-33-34-35-36-38-40-42-44-46-48-50-70(95)83-65(66(94)49-47-45-43-41-39-37-26-24-22-20-18-16-14-2)51-99-80-77(104-62(10)91)75(102-60(8)89)72(68(107-80)53-97-56(4)85)110-82-79(106-64(12)93)76(103-61(9)90)73(69(109-82)54-98-57(5)86)111-81-78(105-63(11)92)74(101-59(7)88)71(100-58(6)87)67(108-81)52-96-55(3)84/h47,49,65-69,71-82,94H,13-46,48,50-54H2,1-12H3,(H,83,95)/b49-47+/t65-,66+,67+,68+,69+,71-,72+,73-,74-,75-,76-,77+,78+,79+,80+,81+,82-/m0/s1. The summed E-state index contributed by atoms with van der Waals surface area (Å²) in [5, 5.41) is 14.9. The first-order chi connectivity index (χ1) is 53.1. The lowest BCUT2D eigenvalue weighted by Crippen LogP contribution is -2.69. The van der Waals surface area contributed by atoms with Crippen LogP contribution in [0.1, 0.15) is 314 Å². The Morgan fingerprint density at radius 3 is 0.901 bits per heavy atom. The number of esters is 10. The van der Waals surface area contributed by atoms with Crippen molar-refractivity contribution in [1.82, 2.24) is 5.32 Å². The molecule has 0 saturated carbocycles. The Hall–Kier alpha value is -6.37. The number of carbonyl (C=O) groups excluding carboxylic acids is 11. The first-order valence-electron chi connectivity index (χ1n) is 41.3. The van der Waals surface area contributed by atoms with Crippen LogP contribution in [0.3, 0.4) is 0 Å². The summed E-state index contributed by atoms with van der Waals surface area (Å²) in [6.45, 7) is 11.8. The first kappa shape index (κ1) is 98.8. The molecular formula is C82H137NO28. The highest BCUT2D eigenvalue weighted by atomic mass is 16.8. The smallest absolute Gasteiger partial charge is 0.303 e. The molecule has 0 unspecified atom stereocenters. The van der Waals surface area contributed by atoms with E-state index < -0.39 is 190 Å². The fourth-order valence-electron chi connectivity index (χ4n) is 14.0. The normalized spacial score (nSPS) is 24.3. The average molecular weight is 1580 g/mol. The predicted molar refractivity (Wildman–Crippen MR) is 405 cm³/mol. The van der Waals surface area contributed by atoms with Crippen LogP contribution in [0.2, 0.25) is 0 Å². The highest BCUT2D eigenvalue weighted by Gasteiger charge is 2.60. The Kier molecular flexibility index (Phi) is 52.1. The number of aliphatic hydroxyl groups is 1. The van der Waals surface area contributed by atoms with Crippen LogP contribution in [0.15, 0.2) is 12.2 Å². The summed E-state index contributed by atoms with van der Waals surface area (Å²) in [5.41, 5.74) is 0. The molecule has 3 aliphatic rings. The van der Waals surface area contributed by atoms with Gasteiger partial charge in [0.2, 0.25) is 5.91 Å². The molecule has 17 atom stereocenters. The highest BCUT2D eigenvalue weighted by molar-refractivity contribution is 5.76. The van der Waals surface area contributed by atoms with Crippen molar-refractivity contribution >= 4 is 65.6 Å². The van der Waals surface area contributed by atoms with Crippen molar-refractivity contribution in [3.63, 3.8) is 0 Å². The summed E-state index contributed by atoms with van der Waals surface area (Å²) in [4.78, 5) is 144. The molecule has 3 saturated heterocycles. The Labute approximate surface area is 659 Å². The van der Waals surface area contributed by atoms with E-state index in [0.29, 0.717) is 12.8 Å². The third-order valence-corrected chi connectivity index (χ3v) is 19.3. The molecule has 111 heavy (non-hydrogen) atoms. The maximum atomic E-state index is 13.9. The van der Waals surface area contributed by atoms with Crippen molar-refractivity contribution in [2.24, 2.45) is 0 Å². The number of aliphatic hydroxyl groups excluding tert-OH is 1. The van der Waals surface area contributed by atoms with Gasteiger partial charge >= 0.3 is 59.7 Å². The number of nitrogens with one attached hydrogen (secondary N) is 1. The van der Waals surface area contributed by atoms with Crippen molar-refractivity contribution < 1.29 is 134 Å². The second kappa shape index (κ2) is 58.5. The lowest BCUT2D eigenvalue weighted by Gasteiger charge is -2.50. The van der Waals surface area contributed by atoms with Gasteiger partial charge in [-0.3, -0.25) is 52.7 Å². The number of rotatable bonds is 59.